The lowest BCUT2D eigenvalue weighted by molar-refractivity contribution is 0.0924. The van der Waals surface area contributed by atoms with Gasteiger partial charge in [0.25, 0.3) is 5.91 Å². The predicted octanol–water partition coefficient (Wildman–Crippen LogP) is 0.217. The minimum atomic E-state index is -0.213. The summed E-state index contributed by atoms with van der Waals surface area (Å²) in [5, 5.41) is 11.3. The van der Waals surface area contributed by atoms with Crippen LogP contribution in [0.1, 0.15) is 10.6 Å². The number of amides is 1. The van der Waals surface area contributed by atoms with E-state index >= 15 is 0 Å². The fourth-order valence-corrected chi connectivity index (χ4v) is 1.35. The fourth-order valence-electron chi connectivity index (χ4n) is 1.35. The van der Waals surface area contributed by atoms with E-state index in [4.69, 9.17) is 9.68 Å². The van der Waals surface area contributed by atoms with E-state index in [0.717, 1.165) is 6.54 Å². The van der Waals surface area contributed by atoms with Gasteiger partial charge in [0.15, 0.2) is 5.76 Å². The van der Waals surface area contributed by atoms with Crippen molar-refractivity contribution in [3.63, 3.8) is 0 Å². The van der Waals surface area contributed by atoms with Crippen LogP contribution in [-0.2, 0) is 0 Å². The van der Waals surface area contributed by atoms with Crippen molar-refractivity contribution in [1.82, 2.24) is 10.2 Å². The molecule has 5 nitrogen and oxygen atoms in total. The molecule has 0 bridgehead atoms. The Morgan fingerprint density at radius 3 is 3.27 bits per heavy atom. The summed E-state index contributed by atoms with van der Waals surface area (Å²) in [5.74, 6) is 0.105. The maximum Gasteiger partial charge on any atom is 0.287 e. The highest BCUT2D eigenvalue weighted by atomic mass is 16.3. The quantitative estimate of drug-likeness (QED) is 0.714. The minimum Gasteiger partial charge on any atom is -0.459 e. The number of furan rings is 1. The summed E-state index contributed by atoms with van der Waals surface area (Å²) in [7, 11) is 0. The third kappa shape index (κ3) is 2.36. The lowest BCUT2D eigenvalue weighted by Crippen LogP contribution is -2.28. The van der Waals surface area contributed by atoms with Gasteiger partial charge in [0.05, 0.1) is 12.3 Å². The third-order valence-corrected chi connectivity index (χ3v) is 2.29. The van der Waals surface area contributed by atoms with Crippen LogP contribution in [-0.4, -0.2) is 36.5 Å². The van der Waals surface area contributed by atoms with Crippen LogP contribution in [0.3, 0.4) is 0 Å². The molecule has 1 N–H and O–H groups in total. The standard InChI is InChI=1S/C10H11N3O2/c11-6-8-7-13(8)4-3-12-10(14)9-2-1-5-15-9/h1-2,5,8H,3-4,7H2,(H,12,14). The number of hydrogen-bond donors (Lipinski definition) is 1. The molecule has 0 aliphatic carbocycles. The van der Waals surface area contributed by atoms with Gasteiger partial charge >= 0.3 is 0 Å². The zero-order valence-corrected chi connectivity index (χ0v) is 8.14. The molecule has 1 aromatic rings. The Morgan fingerprint density at radius 1 is 1.80 bits per heavy atom. The summed E-state index contributed by atoms with van der Waals surface area (Å²) in [6.45, 7) is 2.06. The molecule has 0 radical (unpaired) electrons. The van der Waals surface area contributed by atoms with E-state index in [9.17, 15) is 4.79 Å². The number of rotatable bonds is 4. The van der Waals surface area contributed by atoms with Crippen LogP contribution in [0.25, 0.3) is 0 Å². The molecule has 1 aromatic heterocycles. The highest BCUT2D eigenvalue weighted by molar-refractivity contribution is 5.91. The molecular weight excluding hydrogens is 194 g/mol. The molecule has 1 aliphatic heterocycles. The summed E-state index contributed by atoms with van der Waals surface area (Å²) < 4.78 is 4.93. The summed E-state index contributed by atoms with van der Waals surface area (Å²) in [5.41, 5.74) is 0. The van der Waals surface area contributed by atoms with Crippen molar-refractivity contribution in [1.29, 1.82) is 5.26 Å². The lowest BCUT2D eigenvalue weighted by atomic mass is 10.4. The molecule has 2 rings (SSSR count). The van der Waals surface area contributed by atoms with Crippen molar-refractivity contribution < 1.29 is 9.21 Å². The smallest absolute Gasteiger partial charge is 0.287 e. The molecule has 78 valence electrons. The van der Waals surface area contributed by atoms with Crippen molar-refractivity contribution in [2.45, 2.75) is 6.04 Å². The monoisotopic (exact) mass is 205 g/mol. The molecule has 0 aromatic carbocycles. The van der Waals surface area contributed by atoms with Gasteiger partial charge in [0.1, 0.15) is 6.04 Å². The summed E-state index contributed by atoms with van der Waals surface area (Å²) in [4.78, 5) is 13.4. The van der Waals surface area contributed by atoms with E-state index in [1.807, 2.05) is 4.90 Å². The highest BCUT2D eigenvalue weighted by Gasteiger charge is 2.32. The second kappa shape index (κ2) is 4.15. The Kier molecular flexibility index (Phi) is 2.70. The molecule has 5 heteroatoms. The first-order chi connectivity index (χ1) is 7.31. The predicted molar refractivity (Wildman–Crippen MR) is 52.0 cm³/mol. The first-order valence-electron chi connectivity index (χ1n) is 4.76. The van der Waals surface area contributed by atoms with Crippen molar-refractivity contribution in [2.24, 2.45) is 0 Å². The van der Waals surface area contributed by atoms with E-state index in [-0.39, 0.29) is 11.9 Å². The summed E-state index contributed by atoms with van der Waals surface area (Å²) in [6.07, 6.45) is 1.46. The topological polar surface area (TPSA) is 69.0 Å². The Labute approximate surface area is 87.3 Å². The first-order valence-corrected chi connectivity index (χ1v) is 4.76. The molecule has 1 amide bonds. The third-order valence-electron chi connectivity index (χ3n) is 2.29. The average Bonchev–Trinajstić information content (AvgIpc) is 2.78. The second-order valence-corrected chi connectivity index (χ2v) is 3.37. The maximum atomic E-state index is 11.4. The van der Waals surface area contributed by atoms with Gasteiger partial charge in [0, 0.05) is 19.6 Å². The van der Waals surface area contributed by atoms with Crippen LogP contribution < -0.4 is 5.32 Å². The number of hydrogen-bond acceptors (Lipinski definition) is 4. The molecular formula is C10H11N3O2. The molecule has 2 heterocycles. The molecule has 1 fully saturated rings. The zero-order chi connectivity index (χ0) is 10.7. The van der Waals surface area contributed by atoms with Crippen molar-refractivity contribution in [3.05, 3.63) is 24.2 Å². The average molecular weight is 205 g/mol. The van der Waals surface area contributed by atoms with Crippen molar-refractivity contribution in [3.8, 4) is 6.07 Å². The van der Waals surface area contributed by atoms with Crippen LogP contribution in [0, 0.1) is 11.3 Å². The van der Waals surface area contributed by atoms with E-state index < -0.39 is 0 Å². The zero-order valence-electron chi connectivity index (χ0n) is 8.14. The normalized spacial score (nSPS) is 23.1. The molecule has 2 unspecified atom stereocenters. The van der Waals surface area contributed by atoms with Crippen LogP contribution in [0.15, 0.2) is 22.8 Å². The lowest BCUT2D eigenvalue weighted by Gasteiger charge is -2.02. The van der Waals surface area contributed by atoms with E-state index in [2.05, 4.69) is 11.4 Å². The second-order valence-electron chi connectivity index (χ2n) is 3.37. The van der Waals surface area contributed by atoms with Gasteiger partial charge in [-0.2, -0.15) is 5.26 Å². The van der Waals surface area contributed by atoms with Crippen LogP contribution in [0.4, 0.5) is 0 Å². The molecule has 2 atom stereocenters. The molecule has 1 saturated heterocycles. The van der Waals surface area contributed by atoms with Crippen molar-refractivity contribution in [2.75, 3.05) is 19.6 Å². The molecule has 0 spiro atoms. The number of nitriles is 1. The van der Waals surface area contributed by atoms with Gasteiger partial charge in [-0.1, -0.05) is 0 Å². The summed E-state index contributed by atoms with van der Waals surface area (Å²) in [6, 6.07) is 5.48. The largest absolute Gasteiger partial charge is 0.459 e. The molecule has 15 heavy (non-hydrogen) atoms. The van der Waals surface area contributed by atoms with Crippen molar-refractivity contribution >= 4 is 5.91 Å². The number of nitrogens with zero attached hydrogens (tertiary/aromatic N) is 2. The molecule has 0 saturated carbocycles. The Bertz CT molecular complexity index is 380. The first kappa shape index (κ1) is 9.74. The Hall–Kier alpha value is -1.80. The molecule has 1 aliphatic rings. The highest BCUT2D eigenvalue weighted by Crippen LogP contribution is 2.13. The Balaban J connectivity index is 1.67. The summed E-state index contributed by atoms with van der Waals surface area (Å²) >= 11 is 0. The number of carbonyl (C=O) groups is 1. The number of nitrogens with one attached hydrogen (secondary N) is 1. The van der Waals surface area contributed by atoms with Gasteiger partial charge in [-0.3, -0.25) is 9.69 Å². The van der Waals surface area contributed by atoms with E-state index in [1.165, 1.54) is 6.26 Å². The van der Waals surface area contributed by atoms with Gasteiger partial charge in [-0.15, -0.1) is 0 Å². The number of carbonyl (C=O) groups excluding carboxylic acids is 1. The van der Waals surface area contributed by atoms with Gasteiger partial charge in [-0.25, -0.2) is 0 Å². The van der Waals surface area contributed by atoms with Crippen LogP contribution >= 0.6 is 0 Å². The maximum absolute atomic E-state index is 11.4. The fraction of sp³-hybridized carbons (Fsp3) is 0.400. The van der Waals surface area contributed by atoms with Gasteiger partial charge in [0.2, 0.25) is 0 Å². The van der Waals surface area contributed by atoms with Crippen LogP contribution in [0.5, 0.6) is 0 Å². The SMILES string of the molecule is N#CC1CN1CCNC(=O)c1ccco1. The minimum absolute atomic E-state index is 0.0468. The van der Waals surface area contributed by atoms with E-state index in [1.54, 1.807) is 12.1 Å². The van der Waals surface area contributed by atoms with Gasteiger partial charge < -0.3 is 9.73 Å². The Morgan fingerprint density at radius 2 is 2.67 bits per heavy atom. The van der Waals surface area contributed by atoms with Gasteiger partial charge in [-0.05, 0) is 12.1 Å². The van der Waals surface area contributed by atoms with E-state index in [0.29, 0.717) is 18.8 Å². The van der Waals surface area contributed by atoms with Crippen LogP contribution in [0.2, 0.25) is 0 Å².